The molecule has 0 spiro atoms. The lowest BCUT2D eigenvalue weighted by atomic mass is 10.1. The molecule has 3 aromatic carbocycles. The van der Waals surface area contributed by atoms with Gasteiger partial charge in [0.05, 0.1) is 10.7 Å². The number of anilines is 2. The van der Waals surface area contributed by atoms with Crippen LogP contribution >= 0.6 is 24.0 Å². The number of non-ortho nitro benzene ring substituents is 1. The summed E-state index contributed by atoms with van der Waals surface area (Å²) in [5, 5.41) is 17.5. The van der Waals surface area contributed by atoms with E-state index in [2.05, 4.69) is 10.6 Å². The van der Waals surface area contributed by atoms with E-state index in [0.717, 1.165) is 16.3 Å². The van der Waals surface area contributed by atoms with Gasteiger partial charge in [-0.1, -0.05) is 36.4 Å². The zero-order chi connectivity index (χ0) is 20.6. The molecule has 0 aromatic heterocycles. The molecule has 0 bridgehead atoms. The van der Waals surface area contributed by atoms with Crippen LogP contribution in [0.3, 0.4) is 0 Å². The summed E-state index contributed by atoms with van der Waals surface area (Å²) in [4.78, 5) is 23.6. The lowest BCUT2D eigenvalue weighted by Gasteiger charge is -2.11. The van der Waals surface area contributed by atoms with Crippen molar-refractivity contribution in [3.05, 3.63) is 94.5 Å². The van der Waals surface area contributed by atoms with Gasteiger partial charge in [0.1, 0.15) is 0 Å². The normalized spacial score (nSPS) is 10.2. The highest BCUT2D eigenvalue weighted by molar-refractivity contribution is 8.00. The minimum atomic E-state index is -0.508. The van der Waals surface area contributed by atoms with E-state index < -0.39 is 4.92 Å². The van der Waals surface area contributed by atoms with Crippen molar-refractivity contribution in [3.8, 4) is 0 Å². The van der Waals surface area contributed by atoms with E-state index in [0.29, 0.717) is 10.7 Å². The summed E-state index contributed by atoms with van der Waals surface area (Å²) in [6, 6.07) is 22.9. The van der Waals surface area contributed by atoms with Crippen molar-refractivity contribution >= 4 is 51.9 Å². The second-order valence-electron chi connectivity index (χ2n) is 5.99. The van der Waals surface area contributed by atoms with E-state index in [1.807, 2.05) is 54.6 Å². The molecule has 2 N–H and O–H groups in total. The van der Waals surface area contributed by atoms with Crippen LogP contribution in [0.1, 0.15) is 10.4 Å². The van der Waals surface area contributed by atoms with Crippen molar-refractivity contribution < 1.29 is 9.72 Å². The zero-order valence-corrected chi connectivity index (χ0v) is 16.8. The molecule has 3 rings (SSSR count). The lowest BCUT2D eigenvalue weighted by molar-refractivity contribution is -0.384. The molecule has 6 nitrogen and oxygen atoms in total. The number of ketones is 1. The first-order valence-electron chi connectivity index (χ1n) is 8.65. The summed E-state index contributed by atoms with van der Waals surface area (Å²) in [6.45, 7) is 0. The van der Waals surface area contributed by atoms with Gasteiger partial charge in [-0.05, 0) is 42.5 Å². The van der Waals surface area contributed by atoms with E-state index in [4.69, 9.17) is 12.2 Å². The van der Waals surface area contributed by atoms with Crippen LogP contribution in [0, 0.1) is 10.1 Å². The maximum atomic E-state index is 12.4. The average molecular weight is 424 g/mol. The number of nitrogens with zero attached hydrogens (tertiary/aromatic N) is 1. The molecule has 0 heterocycles. The Kier molecular flexibility index (Phi) is 6.94. The molecule has 0 unspecified atom stereocenters. The van der Waals surface area contributed by atoms with E-state index in [-0.39, 0.29) is 17.2 Å². The number of Topliss-reactive ketones (excluding diaryl/α,β-unsaturated/α-hetero) is 1. The van der Waals surface area contributed by atoms with Gasteiger partial charge in [-0.25, -0.2) is 0 Å². The Morgan fingerprint density at radius 1 is 0.931 bits per heavy atom. The quantitative estimate of drug-likeness (QED) is 0.174. The number of benzene rings is 3. The zero-order valence-electron chi connectivity index (χ0n) is 15.2. The first-order valence-corrected chi connectivity index (χ1v) is 10.0. The van der Waals surface area contributed by atoms with Gasteiger partial charge in [0.2, 0.25) is 0 Å². The Labute approximate surface area is 177 Å². The molecule has 0 radical (unpaired) electrons. The van der Waals surface area contributed by atoms with Gasteiger partial charge >= 0.3 is 0 Å². The van der Waals surface area contributed by atoms with Gasteiger partial charge in [0, 0.05) is 34.0 Å². The highest BCUT2D eigenvalue weighted by Gasteiger charge is 2.12. The number of nitrogens with one attached hydrogen (secondary N) is 2. The fraction of sp³-hybridized carbons (Fsp3) is 0.0476. The molecule has 0 atom stereocenters. The number of carbonyl (C=O) groups excluding carboxylic acids is 1. The third-order valence-electron chi connectivity index (χ3n) is 3.87. The molecule has 8 heteroatoms. The summed E-state index contributed by atoms with van der Waals surface area (Å²) >= 11 is 6.69. The van der Waals surface area contributed by atoms with Crippen LogP contribution in [-0.2, 0) is 0 Å². The van der Waals surface area contributed by atoms with Crippen LogP contribution in [0.15, 0.2) is 83.8 Å². The predicted octanol–water partition coefficient (Wildman–Crippen LogP) is 5.38. The number of nitro groups is 1. The Morgan fingerprint density at radius 3 is 2.38 bits per heavy atom. The SMILES string of the molecule is O=C(CSc1cccc(NC(=S)Nc2ccccc2)c1)c1cccc([N+](=O)[O-])c1. The molecule has 0 amide bonds. The van der Waals surface area contributed by atoms with Gasteiger partial charge in [0.15, 0.2) is 10.9 Å². The Balaban J connectivity index is 1.58. The summed E-state index contributed by atoms with van der Waals surface area (Å²) in [6.07, 6.45) is 0. The second kappa shape index (κ2) is 9.81. The first kappa shape index (κ1) is 20.5. The van der Waals surface area contributed by atoms with Crippen LogP contribution in [-0.4, -0.2) is 21.6 Å². The maximum absolute atomic E-state index is 12.4. The highest BCUT2D eigenvalue weighted by Crippen LogP contribution is 2.23. The van der Waals surface area contributed by atoms with Crippen LogP contribution < -0.4 is 10.6 Å². The third kappa shape index (κ3) is 6.13. The topological polar surface area (TPSA) is 84.3 Å². The van der Waals surface area contributed by atoms with E-state index in [1.165, 1.54) is 30.0 Å². The Morgan fingerprint density at radius 2 is 1.62 bits per heavy atom. The first-order chi connectivity index (χ1) is 14.0. The Bertz CT molecular complexity index is 1040. The number of thiocarbonyl (C=S) groups is 1. The monoisotopic (exact) mass is 423 g/mol. The standard InChI is InChI=1S/C21H17N3O3S2/c25-20(15-6-4-10-18(12-15)24(26)27)14-29-19-11-5-9-17(13-19)23-21(28)22-16-7-2-1-3-8-16/h1-13H,14H2,(H2,22,23,28). The smallest absolute Gasteiger partial charge is 0.270 e. The molecule has 146 valence electrons. The fourth-order valence-corrected chi connectivity index (χ4v) is 3.59. The van der Waals surface area contributed by atoms with Crippen molar-refractivity contribution in [2.24, 2.45) is 0 Å². The number of carbonyl (C=O) groups is 1. The molecule has 0 aliphatic heterocycles. The maximum Gasteiger partial charge on any atom is 0.270 e. The van der Waals surface area contributed by atoms with Crippen LogP contribution in [0.25, 0.3) is 0 Å². The molecular weight excluding hydrogens is 406 g/mol. The number of nitro benzene ring substituents is 1. The molecular formula is C21H17N3O3S2. The summed E-state index contributed by atoms with van der Waals surface area (Å²) in [5.74, 6) is 0.00969. The van der Waals surface area contributed by atoms with Gasteiger partial charge in [-0.2, -0.15) is 0 Å². The lowest BCUT2D eigenvalue weighted by Crippen LogP contribution is -2.18. The van der Waals surface area contributed by atoms with Crippen molar-refractivity contribution in [1.29, 1.82) is 0 Å². The fourth-order valence-electron chi connectivity index (χ4n) is 2.50. The molecule has 0 saturated heterocycles. The Hall–Kier alpha value is -3.23. The van der Waals surface area contributed by atoms with Crippen molar-refractivity contribution in [3.63, 3.8) is 0 Å². The predicted molar refractivity (Wildman–Crippen MR) is 121 cm³/mol. The largest absolute Gasteiger partial charge is 0.332 e. The number of hydrogen-bond donors (Lipinski definition) is 2. The van der Waals surface area contributed by atoms with Crippen molar-refractivity contribution in [2.75, 3.05) is 16.4 Å². The second-order valence-corrected chi connectivity index (χ2v) is 7.45. The summed E-state index contributed by atoms with van der Waals surface area (Å²) < 4.78 is 0. The van der Waals surface area contributed by atoms with Crippen molar-refractivity contribution in [1.82, 2.24) is 0 Å². The molecule has 0 aliphatic rings. The average Bonchev–Trinajstić information content (AvgIpc) is 2.73. The van der Waals surface area contributed by atoms with E-state index >= 15 is 0 Å². The van der Waals surface area contributed by atoms with E-state index in [1.54, 1.807) is 6.07 Å². The van der Waals surface area contributed by atoms with Crippen LogP contribution in [0.4, 0.5) is 17.1 Å². The van der Waals surface area contributed by atoms with Crippen LogP contribution in [0.5, 0.6) is 0 Å². The third-order valence-corrected chi connectivity index (χ3v) is 5.07. The molecule has 0 aliphatic carbocycles. The summed E-state index contributed by atoms with van der Waals surface area (Å²) in [7, 11) is 0. The highest BCUT2D eigenvalue weighted by atomic mass is 32.2. The van der Waals surface area contributed by atoms with Gasteiger partial charge in [-0.15, -0.1) is 11.8 Å². The number of thioether (sulfide) groups is 1. The van der Waals surface area contributed by atoms with Gasteiger partial charge < -0.3 is 10.6 Å². The van der Waals surface area contributed by atoms with Crippen molar-refractivity contribution in [2.45, 2.75) is 4.90 Å². The number of para-hydroxylation sites is 1. The molecule has 29 heavy (non-hydrogen) atoms. The molecule has 0 saturated carbocycles. The van der Waals surface area contributed by atoms with Crippen LogP contribution in [0.2, 0.25) is 0 Å². The minimum Gasteiger partial charge on any atom is -0.332 e. The minimum absolute atomic E-state index is 0.0912. The summed E-state index contributed by atoms with van der Waals surface area (Å²) in [5.41, 5.74) is 1.92. The van der Waals surface area contributed by atoms with Gasteiger partial charge in [0.25, 0.3) is 5.69 Å². The number of rotatable bonds is 7. The molecule has 0 fully saturated rings. The van der Waals surface area contributed by atoms with Gasteiger partial charge in [-0.3, -0.25) is 14.9 Å². The number of hydrogen-bond acceptors (Lipinski definition) is 5. The molecule has 3 aromatic rings. The van der Waals surface area contributed by atoms with E-state index in [9.17, 15) is 14.9 Å².